The fourth-order valence-corrected chi connectivity index (χ4v) is 2.09. The lowest BCUT2D eigenvalue weighted by atomic mass is 9.80. The molecule has 80 valence electrons. The van der Waals surface area contributed by atoms with E-state index < -0.39 is 5.92 Å². The van der Waals surface area contributed by atoms with Crippen molar-refractivity contribution in [3.05, 3.63) is 0 Å². The SMILES string of the molecule is CCOC(=O)[C@H](C=O)C1CCCCC1. The van der Waals surface area contributed by atoms with E-state index in [1.807, 2.05) is 0 Å². The summed E-state index contributed by atoms with van der Waals surface area (Å²) in [6.07, 6.45) is 6.23. The van der Waals surface area contributed by atoms with Gasteiger partial charge in [0, 0.05) is 0 Å². The third-order valence-corrected chi connectivity index (χ3v) is 2.86. The topological polar surface area (TPSA) is 43.4 Å². The van der Waals surface area contributed by atoms with Crippen LogP contribution < -0.4 is 0 Å². The molecule has 0 unspecified atom stereocenters. The highest BCUT2D eigenvalue weighted by Gasteiger charge is 2.29. The number of carbonyl (C=O) groups is 2. The van der Waals surface area contributed by atoms with Gasteiger partial charge in [0.2, 0.25) is 0 Å². The highest BCUT2D eigenvalue weighted by atomic mass is 16.5. The number of ether oxygens (including phenoxy) is 1. The Morgan fingerprint density at radius 2 is 2.07 bits per heavy atom. The second kappa shape index (κ2) is 5.78. The maximum atomic E-state index is 11.4. The van der Waals surface area contributed by atoms with Gasteiger partial charge in [0.05, 0.1) is 6.61 Å². The molecule has 0 aromatic carbocycles. The second-order valence-corrected chi connectivity index (χ2v) is 3.81. The standard InChI is InChI=1S/C11H18O3/c1-2-14-11(13)10(8-12)9-6-4-3-5-7-9/h8-10H,2-7H2,1H3/t10-/m1/s1. The highest BCUT2D eigenvalue weighted by Crippen LogP contribution is 2.29. The molecule has 14 heavy (non-hydrogen) atoms. The van der Waals surface area contributed by atoms with Crippen LogP contribution in [0.25, 0.3) is 0 Å². The molecule has 0 heterocycles. The first kappa shape index (κ1) is 11.2. The number of aldehydes is 1. The minimum absolute atomic E-state index is 0.222. The second-order valence-electron chi connectivity index (χ2n) is 3.81. The fourth-order valence-electron chi connectivity index (χ4n) is 2.09. The summed E-state index contributed by atoms with van der Waals surface area (Å²) in [6.45, 7) is 2.12. The van der Waals surface area contributed by atoms with Crippen molar-refractivity contribution < 1.29 is 14.3 Å². The Morgan fingerprint density at radius 3 is 2.57 bits per heavy atom. The first-order valence-electron chi connectivity index (χ1n) is 5.41. The number of hydrogen-bond donors (Lipinski definition) is 0. The van der Waals surface area contributed by atoms with Crippen LogP contribution in [-0.4, -0.2) is 18.9 Å². The van der Waals surface area contributed by atoms with Gasteiger partial charge in [-0.15, -0.1) is 0 Å². The number of esters is 1. The lowest BCUT2D eigenvalue weighted by Gasteiger charge is -2.25. The summed E-state index contributed by atoms with van der Waals surface area (Å²) < 4.78 is 4.88. The molecule has 0 aromatic rings. The normalized spacial score (nSPS) is 20.1. The Labute approximate surface area is 84.8 Å². The largest absolute Gasteiger partial charge is 0.465 e. The van der Waals surface area contributed by atoms with Crippen molar-refractivity contribution in [3.63, 3.8) is 0 Å². The Balaban J connectivity index is 2.50. The van der Waals surface area contributed by atoms with Gasteiger partial charge in [-0.3, -0.25) is 4.79 Å². The van der Waals surface area contributed by atoms with Crippen molar-refractivity contribution in [2.75, 3.05) is 6.61 Å². The number of carbonyl (C=O) groups excluding carboxylic acids is 2. The van der Waals surface area contributed by atoms with Crippen molar-refractivity contribution in [3.8, 4) is 0 Å². The Bertz CT molecular complexity index is 195. The molecule has 1 aliphatic rings. The summed E-state index contributed by atoms with van der Waals surface area (Å²) in [5.74, 6) is -0.634. The summed E-state index contributed by atoms with van der Waals surface area (Å²) in [5.41, 5.74) is 0. The van der Waals surface area contributed by atoms with E-state index in [0.29, 0.717) is 6.61 Å². The van der Waals surface area contributed by atoms with Crippen molar-refractivity contribution in [1.29, 1.82) is 0 Å². The summed E-state index contributed by atoms with van der Waals surface area (Å²) in [4.78, 5) is 22.2. The third-order valence-electron chi connectivity index (χ3n) is 2.86. The monoisotopic (exact) mass is 198 g/mol. The predicted octanol–water partition coefficient (Wildman–Crippen LogP) is 1.94. The molecule has 1 rings (SSSR count). The highest BCUT2D eigenvalue weighted by molar-refractivity contribution is 5.88. The molecule has 3 nitrogen and oxygen atoms in total. The van der Waals surface area contributed by atoms with Crippen LogP contribution in [0.3, 0.4) is 0 Å². The number of hydrogen-bond acceptors (Lipinski definition) is 3. The third kappa shape index (κ3) is 2.82. The average Bonchev–Trinajstić information content (AvgIpc) is 2.21. The van der Waals surface area contributed by atoms with Gasteiger partial charge in [0.25, 0.3) is 0 Å². The zero-order chi connectivity index (χ0) is 10.4. The molecular weight excluding hydrogens is 180 g/mol. The van der Waals surface area contributed by atoms with Gasteiger partial charge >= 0.3 is 5.97 Å². The molecule has 0 radical (unpaired) electrons. The van der Waals surface area contributed by atoms with Gasteiger partial charge < -0.3 is 9.53 Å². The molecule has 0 aliphatic heterocycles. The molecule has 1 fully saturated rings. The summed E-state index contributed by atoms with van der Waals surface area (Å²) >= 11 is 0. The lowest BCUT2D eigenvalue weighted by molar-refractivity contribution is -0.151. The van der Waals surface area contributed by atoms with Crippen LogP contribution in [0.4, 0.5) is 0 Å². The van der Waals surface area contributed by atoms with Gasteiger partial charge in [0.1, 0.15) is 12.2 Å². The molecule has 0 bridgehead atoms. The molecule has 0 N–H and O–H groups in total. The maximum Gasteiger partial charge on any atom is 0.316 e. The van der Waals surface area contributed by atoms with Crippen LogP contribution in [-0.2, 0) is 14.3 Å². The molecule has 0 saturated heterocycles. The Hall–Kier alpha value is -0.860. The Kier molecular flexibility index (Phi) is 4.63. The molecule has 1 aliphatic carbocycles. The van der Waals surface area contributed by atoms with Crippen LogP contribution in [0.1, 0.15) is 39.0 Å². The molecule has 0 amide bonds. The minimum Gasteiger partial charge on any atom is -0.465 e. The van der Waals surface area contributed by atoms with E-state index in [4.69, 9.17) is 4.74 Å². The van der Waals surface area contributed by atoms with Gasteiger partial charge in [-0.05, 0) is 25.7 Å². The van der Waals surface area contributed by atoms with Gasteiger partial charge in [0.15, 0.2) is 0 Å². The van der Waals surface area contributed by atoms with Crippen LogP contribution in [0.15, 0.2) is 0 Å². The summed E-state index contributed by atoms with van der Waals surface area (Å²) in [6, 6.07) is 0. The molecule has 1 atom stereocenters. The quantitative estimate of drug-likeness (QED) is 0.394. The van der Waals surface area contributed by atoms with Gasteiger partial charge in [-0.25, -0.2) is 0 Å². The number of rotatable bonds is 4. The van der Waals surface area contributed by atoms with E-state index in [1.165, 1.54) is 6.42 Å². The van der Waals surface area contributed by atoms with Gasteiger partial charge in [-0.2, -0.15) is 0 Å². The van der Waals surface area contributed by atoms with Gasteiger partial charge in [-0.1, -0.05) is 19.3 Å². The molecule has 0 aromatic heterocycles. The zero-order valence-corrected chi connectivity index (χ0v) is 8.70. The van der Waals surface area contributed by atoms with Crippen molar-refractivity contribution in [2.45, 2.75) is 39.0 Å². The van der Waals surface area contributed by atoms with Crippen molar-refractivity contribution in [1.82, 2.24) is 0 Å². The Morgan fingerprint density at radius 1 is 1.43 bits per heavy atom. The van der Waals surface area contributed by atoms with E-state index in [-0.39, 0.29) is 11.9 Å². The average molecular weight is 198 g/mol. The fraction of sp³-hybridized carbons (Fsp3) is 0.818. The van der Waals surface area contributed by atoms with E-state index in [9.17, 15) is 9.59 Å². The predicted molar refractivity (Wildman–Crippen MR) is 52.8 cm³/mol. The van der Waals surface area contributed by atoms with Crippen LogP contribution >= 0.6 is 0 Å². The van der Waals surface area contributed by atoms with E-state index in [1.54, 1.807) is 6.92 Å². The van der Waals surface area contributed by atoms with Crippen molar-refractivity contribution >= 4 is 12.3 Å². The lowest BCUT2D eigenvalue weighted by Crippen LogP contribution is -2.28. The molecular formula is C11H18O3. The molecule has 1 saturated carbocycles. The van der Waals surface area contributed by atoms with Crippen LogP contribution in [0.2, 0.25) is 0 Å². The van der Waals surface area contributed by atoms with Crippen LogP contribution in [0, 0.1) is 11.8 Å². The molecule has 0 spiro atoms. The zero-order valence-electron chi connectivity index (χ0n) is 8.70. The van der Waals surface area contributed by atoms with E-state index in [2.05, 4.69) is 0 Å². The van der Waals surface area contributed by atoms with E-state index in [0.717, 1.165) is 32.0 Å². The summed E-state index contributed by atoms with van der Waals surface area (Å²) in [5, 5.41) is 0. The minimum atomic E-state index is -0.518. The van der Waals surface area contributed by atoms with Crippen LogP contribution in [0.5, 0.6) is 0 Å². The van der Waals surface area contributed by atoms with Crippen molar-refractivity contribution in [2.24, 2.45) is 11.8 Å². The first-order chi connectivity index (χ1) is 6.79. The smallest absolute Gasteiger partial charge is 0.316 e. The molecule has 3 heteroatoms. The maximum absolute atomic E-state index is 11.4. The first-order valence-corrected chi connectivity index (χ1v) is 5.41. The van der Waals surface area contributed by atoms with E-state index >= 15 is 0 Å². The summed E-state index contributed by atoms with van der Waals surface area (Å²) in [7, 11) is 0.